The predicted molar refractivity (Wildman–Crippen MR) is 120 cm³/mol. The lowest BCUT2D eigenvalue weighted by Gasteiger charge is -2.28. The second-order valence-corrected chi connectivity index (χ2v) is 7.87. The van der Waals surface area contributed by atoms with Crippen LogP contribution in [0.5, 0.6) is 5.75 Å². The molecule has 160 valence electrons. The van der Waals surface area contributed by atoms with E-state index >= 15 is 0 Å². The Kier molecular flexibility index (Phi) is 6.73. The third-order valence-corrected chi connectivity index (χ3v) is 5.51. The van der Waals surface area contributed by atoms with Crippen LogP contribution in [0.3, 0.4) is 0 Å². The molecule has 1 aliphatic rings. The van der Waals surface area contributed by atoms with E-state index in [-0.39, 0.29) is 17.4 Å². The van der Waals surface area contributed by atoms with Gasteiger partial charge in [-0.3, -0.25) is 4.79 Å². The molecule has 0 radical (unpaired) electrons. The molecule has 0 N–H and O–H groups in total. The predicted octanol–water partition coefficient (Wildman–Crippen LogP) is 6.54. The second-order valence-electron chi connectivity index (χ2n) is 7.46. The van der Waals surface area contributed by atoms with Crippen LogP contribution in [0.1, 0.15) is 41.1 Å². The molecule has 31 heavy (non-hydrogen) atoms. The lowest BCUT2D eigenvalue weighted by molar-refractivity contribution is 0.104. The molecule has 2 heterocycles. The highest BCUT2D eigenvalue weighted by molar-refractivity contribution is 6.32. The maximum Gasteiger partial charge on any atom is 0.185 e. The van der Waals surface area contributed by atoms with Crippen LogP contribution in [0.15, 0.2) is 65.1 Å². The highest BCUT2D eigenvalue weighted by atomic mass is 35.5. The minimum Gasteiger partial charge on any atom is -0.484 e. The Morgan fingerprint density at radius 1 is 1.06 bits per heavy atom. The summed E-state index contributed by atoms with van der Waals surface area (Å²) in [6.45, 7) is 2.29. The van der Waals surface area contributed by atoms with Crippen molar-refractivity contribution in [2.45, 2.75) is 25.9 Å². The van der Waals surface area contributed by atoms with E-state index in [9.17, 15) is 9.18 Å². The Balaban J connectivity index is 1.33. The Labute approximate surface area is 185 Å². The van der Waals surface area contributed by atoms with Crippen LogP contribution < -0.4 is 9.64 Å². The van der Waals surface area contributed by atoms with Crippen LogP contribution in [0.2, 0.25) is 5.02 Å². The van der Waals surface area contributed by atoms with E-state index in [1.54, 1.807) is 18.2 Å². The van der Waals surface area contributed by atoms with Gasteiger partial charge in [0.1, 0.15) is 29.7 Å². The minimum atomic E-state index is -0.423. The number of benzene rings is 2. The van der Waals surface area contributed by atoms with Gasteiger partial charge in [0.15, 0.2) is 5.78 Å². The first-order chi connectivity index (χ1) is 15.1. The summed E-state index contributed by atoms with van der Waals surface area (Å²) in [6, 6.07) is 15.2. The standard InChI is InChI=1S/C25H23ClFNO3/c26-23-16-19(27)6-13-25(23)30-17-22-10-9-21(31-22)11-12-24(29)18-4-7-20(8-5-18)28-14-2-1-3-15-28/h4-13,16H,1-3,14-15,17H2/b12-11+. The van der Waals surface area contributed by atoms with E-state index in [1.165, 1.54) is 43.5 Å². The molecule has 2 aromatic carbocycles. The number of nitrogens with zero attached hydrogens (tertiary/aromatic N) is 1. The summed E-state index contributed by atoms with van der Waals surface area (Å²) in [5.41, 5.74) is 1.80. The van der Waals surface area contributed by atoms with Crippen molar-refractivity contribution in [3.05, 3.63) is 88.6 Å². The zero-order valence-corrected chi connectivity index (χ0v) is 17.8. The maximum absolute atomic E-state index is 13.1. The van der Waals surface area contributed by atoms with E-state index in [1.807, 2.05) is 24.3 Å². The molecule has 1 aliphatic heterocycles. The van der Waals surface area contributed by atoms with Gasteiger partial charge in [-0.2, -0.15) is 0 Å². The number of halogens is 2. The Morgan fingerprint density at radius 3 is 2.58 bits per heavy atom. The smallest absolute Gasteiger partial charge is 0.185 e. The summed E-state index contributed by atoms with van der Waals surface area (Å²) in [4.78, 5) is 14.8. The van der Waals surface area contributed by atoms with Gasteiger partial charge in [-0.05, 0) is 86.0 Å². The summed E-state index contributed by atoms with van der Waals surface area (Å²) in [5.74, 6) is 0.978. The Hall–Kier alpha value is -3.05. The van der Waals surface area contributed by atoms with Gasteiger partial charge in [0.25, 0.3) is 0 Å². The molecule has 1 saturated heterocycles. The fourth-order valence-corrected chi connectivity index (χ4v) is 3.77. The van der Waals surface area contributed by atoms with E-state index in [0.29, 0.717) is 22.8 Å². The van der Waals surface area contributed by atoms with Gasteiger partial charge in [0.2, 0.25) is 0 Å². The number of ketones is 1. The third-order valence-electron chi connectivity index (χ3n) is 5.22. The molecule has 1 fully saturated rings. The van der Waals surface area contributed by atoms with Gasteiger partial charge in [-0.1, -0.05) is 11.6 Å². The van der Waals surface area contributed by atoms with Gasteiger partial charge >= 0.3 is 0 Å². The van der Waals surface area contributed by atoms with Gasteiger partial charge < -0.3 is 14.1 Å². The van der Waals surface area contributed by atoms with Crippen LogP contribution in [0.4, 0.5) is 10.1 Å². The van der Waals surface area contributed by atoms with Crippen LogP contribution in [-0.2, 0) is 6.61 Å². The summed E-state index contributed by atoms with van der Waals surface area (Å²) in [7, 11) is 0. The number of furan rings is 1. The normalized spacial score (nSPS) is 14.2. The molecule has 4 rings (SSSR count). The zero-order chi connectivity index (χ0) is 21.6. The van der Waals surface area contributed by atoms with E-state index in [4.69, 9.17) is 20.8 Å². The number of carbonyl (C=O) groups excluding carboxylic acids is 1. The quantitative estimate of drug-likeness (QED) is 0.309. The lowest BCUT2D eigenvalue weighted by Crippen LogP contribution is -2.29. The van der Waals surface area contributed by atoms with Crippen LogP contribution >= 0.6 is 11.6 Å². The number of allylic oxidation sites excluding steroid dienone is 1. The van der Waals surface area contributed by atoms with E-state index in [2.05, 4.69) is 4.90 Å². The molecule has 6 heteroatoms. The second kappa shape index (κ2) is 9.84. The van der Waals surface area contributed by atoms with Crippen LogP contribution in [0, 0.1) is 5.82 Å². The molecule has 4 nitrogen and oxygen atoms in total. The highest BCUT2D eigenvalue weighted by Gasteiger charge is 2.11. The molecule has 0 bridgehead atoms. The molecule has 0 aliphatic carbocycles. The van der Waals surface area contributed by atoms with E-state index in [0.717, 1.165) is 18.8 Å². The van der Waals surface area contributed by atoms with Crippen molar-refractivity contribution in [3.8, 4) is 5.75 Å². The van der Waals surface area contributed by atoms with Crippen LogP contribution in [-0.4, -0.2) is 18.9 Å². The number of hydrogen-bond donors (Lipinski definition) is 0. The van der Waals surface area contributed by atoms with Crippen LogP contribution in [0.25, 0.3) is 6.08 Å². The van der Waals surface area contributed by atoms with Gasteiger partial charge in [0, 0.05) is 24.3 Å². The van der Waals surface area contributed by atoms with Gasteiger partial charge in [0.05, 0.1) is 5.02 Å². The maximum atomic E-state index is 13.1. The molecule has 0 spiro atoms. The monoisotopic (exact) mass is 439 g/mol. The molecular weight excluding hydrogens is 417 g/mol. The first-order valence-electron chi connectivity index (χ1n) is 10.3. The van der Waals surface area contributed by atoms with E-state index < -0.39 is 5.82 Å². The van der Waals surface area contributed by atoms with Crippen molar-refractivity contribution in [3.63, 3.8) is 0 Å². The Bertz CT molecular complexity index is 1070. The van der Waals surface area contributed by atoms with Crippen molar-refractivity contribution < 1.29 is 18.3 Å². The first kappa shape index (κ1) is 21.2. The number of rotatable bonds is 7. The molecule has 0 atom stereocenters. The van der Waals surface area contributed by atoms with Crippen molar-refractivity contribution in [2.24, 2.45) is 0 Å². The van der Waals surface area contributed by atoms with Crippen molar-refractivity contribution in [1.82, 2.24) is 0 Å². The topological polar surface area (TPSA) is 42.7 Å². The van der Waals surface area contributed by atoms with Crippen molar-refractivity contribution in [1.29, 1.82) is 0 Å². The SMILES string of the molecule is O=C(/C=C/c1ccc(COc2ccc(F)cc2Cl)o1)c1ccc(N2CCCCC2)cc1. The van der Waals surface area contributed by atoms with Gasteiger partial charge in [-0.15, -0.1) is 0 Å². The molecule has 3 aromatic rings. The van der Waals surface area contributed by atoms with Crippen molar-refractivity contribution in [2.75, 3.05) is 18.0 Å². The zero-order valence-electron chi connectivity index (χ0n) is 17.0. The molecule has 0 saturated carbocycles. The molecule has 0 amide bonds. The lowest BCUT2D eigenvalue weighted by atomic mass is 10.1. The number of hydrogen-bond acceptors (Lipinski definition) is 4. The minimum absolute atomic E-state index is 0.0857. The first-order valence-corrected chi connectivity index (χ1v) is 10.7. The average Bonchev–Trinajstić information content (AvgIpc) is 3.25. The molecular formula is C25H23ClFNO3. The number of anilines is 1. The fraction of sp³-hybridized carbons (Fsp3) is 0.240. The van der Waals surface area contributed by atoms with Gasteiger partial charge in [-0.25, -0.2) is 4.39 Å². The highest BCUT2D eigenvalue weighted by Crippen LogP contribution is 2.26. The largest absolute Gasteiger partial charge is 0.484 e. The average molecular weight is 440 g/mol. The molecule has 1 aromatic heterocycles. The fourth-order valence-electron chi connectivity index (χ4n) is 3.55. The number of piperidine rings is 1. The Morgan fingerprint density at radius 2 is 1.84 bits per heavy atom. The number of carbonyl (C=O) groups is 1. The summed E-state index contributed by atoms with van der Waals surface area (Å²) >= 11 is 5.95. The van der Waals surface area contributed by atoms with Crippen molar-refractivity contribution >= 4 is 29.1 Å². The summed E-state index contributed by atoms with van der Waals surface area (Å²) in [6.07, 6.45) is 6.86. The molecule has 0 unspecified atom stereocenters. The summed E-state index contributed by atoms with van der Waals surface area (Å²) < 4.78 is 24.3. The summed E-state index contributed by atoms with van der Waals surface area (Å²) in [5, 5.41) is 0.198. The number of ether oxygens (including phenoxy) is 1. The third kappa shape index (κ3) is 5.56.